The van der Waals surface area contributed by atoms with E-state index in [4.69, 9.17) is 4.74 Å². The molecule has 0 aromatic rings. The van der Waals surface area contributed by atoms with E-state index < -0.39 is 18.2 Å². The van der Waals surface area contributed by atoms with Gasteiger partial charge < -0.3 is 20.3 Å². The Labute approximate surface area is 382 Å². The van der Waals surface area contributed by atoms with Gasteiger partial charge in [0.15, 0.2) is 0 Å². The van der Waals surface area contributed by atoms with Crippen molar-refractivity contribution in [3.8, 4) is 0 Å². The smallest absolute Gasteiger partial charge is 0.306 e. The van der Waals surface area contributed by atoms with Crippen LogP contribution in [0.1, 0.15) is 220 Å². The minimum Gasteiger partial charge on any atom is -0.462 e. The number of carbonyl (C=O) groups excluding carboxylic acids is 2. The molecule has 3 unspecified atom stereocenters. The topological polar surface area (TPSA) is 95.9 Å². The molecule has 62 heavy (non-hydrogen) atoms. The number of ether oxygens (including phenoxy) is 1. The number of allylic oxidation sites excluding steroid dienone is 16. The van der Waals surface area contributed by atoms with Crippen LogP contribution >= 0.6 is 0 Å². The Kier molecular flexibility index (Phi) is 46.3. The van der Waals surface area contributed by atoms with E-state index in [0.717, 1.165) is 51.4 Å². The second-order valence-electron chi connectivity index (χ2n) is 17.0. The highest BCUT2D eigenvalue weighted by atomic mass is 16.5. The summed E-state index contributed by atoms with van der Waals surface area (Å²) < 4.78 is 5.85. The van der Waals surface area contributed by atoms with E-state index in [1.165, 1.54) is 116 Å². The number of amides is 1. The van der Waals surface area contributed by atoms with E-state index in [0.29, 0.717) is 19.3 Å². The number of aliphatic hydroxyl groups is 2. The molecular weight excluding hydrogens is 767 g/mol. The Morgan fingerprint density at radius 1 is 0.500 bits per heavy atom. The number of aliphatic hydroxyl groups excluding tert-OH is 2. The van der Waals surface area contributed by atoms with Crippen LogP contribution < -0.4 is 5.32 Å². The third-order valence-electron chi connectivity index (χ3n) is 11.1. The molecule has 3 atom stereocenters. The third kappa shape index (κ3) is 43.4. The molecule has 0 saturated carbocycles. The van der Waals surface area contributed by atoms with Crippen molar-refractivity contribution in [2.45, 2.75) is 238 Å². The van der Waals surface area contributed by atoms with Crippen molar-refractivity contribution in [2.75, 3.05) is 6.61 Å². The second kappa shape index (κ2) is 48.8. The van der Waals surface area contributed by atoms with Crippen LogP contribution in [0.25, 0.3) is 0 Å². The van der Waals surface area contributed by atoms with Gasteiger partial charge in [0.25, 0.3) is 0 Å². The zero-order valence-corrected chi connectivity index (χ0v) is 40.2. The summed E-state index contributed by atoms with van der Waals surface area (Å²) in [4.78, 5) is 26.1. The predicted molar refractivity (Wildman–Crippen MR) is 268 cm³/mol. The lowest BCUT2D eigenvalue weighted by Crippen LogP contribution is -2.46. The fourth-order valence-corrected chi connectivity index (χ4v) is 7.23. The summed E-state index contributed by atoms with van der Waals surface area (Å²) in [5, 5.41) is 23.7. The maximum atomic E-state index is 13.2. The van der Waals surface area contributed by atoms with E-state index in [2.05, 4.69) is 56.5 Å². The number of esters is 1. The quantitative estimate of drug-likeness (QED) is 0.0245. The molecule has 6 nitrogen and oxygen atoms in total. The van der Waals surface area contributed by atoms with Gasteiger partial charge in [0.05, 0.1) is 25.2 Å². The zero-order chi connectivity index (χ0) is 45.2. The highest BCUT2D eigenvalue weighted by molar-refractivity contribution is 5.77. The van der Waals surface area contributed by atoms with Crippen molar-refractivity contribution in [3.63, 3.8) is 0 Å². The maximum Gasteiger partial charge on any atom is 0.306 e. The summed E-state index contributed by atoms with van der Waals surface area (Å²) in [6.07, 6.45) is 64.8. The van der Waals surface area contributed by atoms with Gasteiger partial charge in [0, 0.05) is 6.42 Å². The van der Waals surface area contributed by atoms with Crippen LogP contribution in [0.3, 0.4) is 0 Å². The first-order valence-electron chi connectivity index (χ1n) is 25.5. The molecular formula is C56H95NO5. The molecule has 0 aliphatic carbocycles. The van der Waals surface area contributed by atoms with Crippen LogP contribution in [0.15, 0.2) is 97.2 Å². The normalized spacial score (nSPS) is 14.1. The number of unbranched alkanes of at least 4 members (excludes halogenated alkanes) is 21. The minimum absolute atomic E-state index is 0.000828. The minimum atomic E-state index is -0.821. The van der Waals surface area contributed by atoms with Crippen LogP contribution in [0.2, 0.25) is 0 Å². The summed E-state index contributed by atoms with van der Waals surface area (Å²) in [5.41, 5.74) is 0. The first kappa shape index (κ1) is 58.8. The molecule has 6 heteroatoms. The van der Waals surface area contributed by atoms with E-state index in [1.807, 2.05) is 66.8 Å². The Bertz CT molecular complexity index is 1240. The molecule has 0 aromatic carbocycles. The van der Waals surface area contributed by atoms with Crippen molar-refractivity contribution in [2.24, 2.45) is 0 Å². The monoisotopic (exact) mass is 862 g/mol. The first-order chi connectivity index (χ1) is 30.5. The highest BCUT2D eigenvalue weighted by Gasteiger charge is 2.23. The summed E-state index contributed by atoms with van der Waals surface area (Å²) in [7, 11) is 0. The molecule has 0 bridgehead atoms. The van der Waals surface area contributed by atoms with Gasteiger partial charge in [-0.1, -0.05) is 246 Å². The summed E-state index contributed by atoms with van der Waals surface area (Å²) in [6.45, 7) is 6.29. The van der Waals surface area contributed by atoms with Crippen LogP contribution in [-0.4, -0.2) is 46.9 Å². The van der Waals surface area contributed by atoms with Gasteiger partial charge in [-0.2, -0.15) is 0 Å². The van der Waals surface area contributed by atoms with Gasteiger partial charge >= 0.3 is 5.97 Å². The van der Waals surface area contributed by atoms with Crippen LogP contribution in [0.4, 0.5) is 0 Å². The summed E-state index contributed by atoms with van der Waals surface area (Å²) in [5.74, 6) is -0.637. The molecule has 354 valence electrons. The fourth-order valence-electron chi connectivity index (χ4n) is 7.23. The molecule has 1 amide bonds. The summed E-state index contributed by atoms with van der Waals surface area (Å²) >= 11 is 0. The van der Waals surface area contributed by atoms with Gasteiger partial charge in [0.2, 0.25) is 5.91 Å². The average molecular weight is 862 g/mol. The molecule has 0 spiro atoms. The number of rotatable bonds is 44. The van der Waals surface area contributed by atoms with Crippen LogP contribution in [0, 0.1) is 0 Å². The second-order valence-corrected chi connectivity index (χ2v) is 17.0. The first-order valence-corrected chi connectivity index (χ1v) is 25.5. The number of nitrogens with one attached hydrogen (secondary N) is 1. The van der Waals surface area contributed by atoms with E-state index in [-0.39, 0.29) is 31.3 Å². The molecule has 0 radical (unpaired) electrons. The van der Waals surface area contributed by atoms with Gasteiger partial charge in [-0.05, 0) is 57.8 Å². The average Bonchev–Trinajstić information content (AvgIpc) is 3.26. The Morgan fingerprint density at radius 3 is 1.47 bits per heavy atom. The molecule has 0 rings (SSSR count). The van der Waals surface area contributed by atoms with Crippen molar-refractivity contribution in [3.05, 3.63) is 97.2 Å². The lowest BCUT2D eigenvalue weighted by molar-refractivity contribution is -0.150. The van der Waals surface area contributed by atoms with Crippen molar-refractivity contribution < 1.29 is 24.5 Å². The number of hydrogen-bond acceptors (Lipinski definition) is 5. The lowest BCUT2D eigenvalue weighted by Gasteiger charge is -2.24. The van der Waals surface area contributed by atoms with Crippen molar-refractivity contribution in [1.82, 2.24) is 5.32 Å². The van der Waals surface area contributed by atoms with E-state index in [9.17, 15) is 19.8 Å². The van der Waals surface area contributed by atoms with Crippen molar-refractivity contribution in [1.29, 1.82) is 0 Å². The van der Waals surface area contributed by atoms with Gasteiger partial charge in [-0.15, -0.1) is 0 Å². The molecule has 0 heterocycles. The third-order valence-corrected chi connectivity index (χ3v) is 11.1. The van der Waals surface area contributed by atoms with Crippen LogP contribution in [0.5, 0.6) is 0 Å². The molecule has 3 N–H and O–H groups in total. The molecule has 0 aliphatic heterocycles. The summed E-state index contributed by atoms with van der Waals surface area (Å²) in [6, 6.07) is -0.742. The molecule has 0 saturated heterocycles. The maximum absolute atomic E-state index is 13.2. The van der Waals surface area contributed by atoms with Crippen LogP contribution in [-0.2, 0) is 14.3 Å². The Hall–Kier alpha value is -3.22. The number of hydrogen-bond donors (Lipinski definition) is 3. The standard InChI is InChI=1S/C56H95NO5/c1-4-7-10-13-16-19-22-25-27-30-32-35-38-41-44-47-52(62-56(61)49-46-43-40-37-34-29-24-21-18-15-12-9-6-3)50-55(60)57-53(51-58)54(59)48-45-42-39-36-33-31-28-26-23-20-17-14-11-8-5-2/h7,10,13,16,19,22,25,27,29-30,32,34-35,38,40,43,52-54,58-59H,4-6,8-9,11-12,14-15,17-18,20-21,23-24,26,28,31,33,36-37,39,41-42,44-51H2,1-3H3,(H,57,60)/b10-7-,16-13+,22-19+,27-25-,32-30+,34-29-,38-35+,43-40+. The van der Waals surface area contributed by atoms with Gasteiger partial charge in [0.1, 0.15) is 6.10 Å². The molecule has 0 aliphatic rings. The fraction of sp³-hybridized carbons (Fsp3) is 0.679. The molecule has 0 fully saturated rings. The Balaban J connectivity index is 4.78. The van der Waals surface area contributed by atoms with E-state index >= 15 is 0 Å². The lowest BCUT2D eigenvalue weighted by atomic mass is 10.0. The highest BCUT2D eigenvalue weighted by Crippen LogP contribution is 2.16. The number of carbonyl (C=O) groups is 2. The SMILES string of the molecule is CC\C=C/C=C/C=C/C=C\C=C\C=C\CCCC(CC(=O)NC(CO)C(O)CCCCCCCCCCCCCCCCC)OC(=O)CC/C=C/C/C=C\CCCCCCCC. The van der Waals surface area contributed by atoms with Crippen molar-refractivity contribution >= 4 is 11.9 Å². The predicted octanol–water partition coefficient (Wildman–Crippen LogP) is 15.3. The molecule has 0 aromatic heterocycles. The van der Waals surface area contributed by atoms with Gasteiger partial charge in [-0.3, -0.25) is 9.59 Å². The largest absolute Gasteiger partial charge is 0.462 e. The Morgan fingerprint density at radius 2 is 0.952 bits per heavy atom. The zero-order valence-electron chi connectivity index (χ0n) is 40.2. The van der Waals surface area contributed by atoms with Gasteiger partial charge in [-0.25, -0.2) is 0 Å². The van der Waals surface area contributed by atoms with E-state index in [1.54, 1.807) is 0 Å².